The van der Waals surface area contributed by atoms with E-state index in [1.165, 1.54) is 0 Å². The fraction of sp³-hybridized carbons (Fsp3) is 0.438. The van der Waals surface area contributed by atoms with Gasteiger partial charge in [-0.05, 0) is 24.1 Å². The zero-order valence-corrected chi connectivity index (χ0v) is 13.0. The molecule has 0 bridgehead atoms. The maximum Gasteiger partial charge on any atom is 0.194 e. The number of nitrogens with zero attached hydrogens (tertiary/aromatic N) is 2. The quantitative estimate of drug-likeness (QED) is 0.812. The number of methoxy groups -OCH3 is 2. The van der Waals surface area contributed by atoms with Crippen molar-refractivity contribution in [3.63, 3.8) is 0 Å². The molecular weight excluding hydrogens is 266 g/mol. The van der Waals surface area contributed by atoms with Crippen molar-refractivity contribution in [2.45, 2.75) is 13.0 Å². The third-order valence-corrected chi connectivity index (χ3v) is 3.49. The van der Waals surface area contributed by atoms with E-state index < -0.39 is 0 Å². The average Bonchev–Trinajstić information content (AvgIpc) is 2.90. The lowest BCUT2D eigenvalue weighted by Crippen LogP contribution is -2.35. The maximum absolute atomic E-state index is 5.44. The van der Waals surface area contributed by atoms with Crippen LogP contribution in [-0.4, -0.2) is 45.2 Å². The Morgan fingerprint density at radius 2 is 2.19 bits per heavy atom. The van der Waals surface area contributed by atoms with E-state index in [9.17, 15) is 0 Å². The monoisotopic (exact) mass is 289 g/mol. The summed E-state index contributed by atoms with van der Waals surface area (Å²) in [7, 11) is 5.35. The Labute approximate surface area is 126 Å². The van der Waals surface area contributed by atoms with Gasteiger partial charge in [-0.3, -0.25) is 4.99 Å². The molecule has 1 aromatic rings. The van der Waals surface area contributed by atoms with E-state index in [1.807, 2.05) is 19.2 Å². The van der Waals surface area contributed by atoms with Crippen molar-refractivity contribution in [3.8, 4) is 11.5 Å². The van der Waals surface area contributed by atoms with Gasteiger partial charge in [0.05, 0.1) is 20.8 Å². The summed E-state index contributed by atoms with van der Waals surface area (Å²) >= 11 is 0. The highest BCUT2D eigenvalue weighted by atomic mass is 16.5. The van der Waals surface area contributed by atoms with E-state index >= 15 is 0 Å². The van der Waals surface area contributed by atoms with Crippen LogP contribution in [0.25, 0.3) is 0 Å². The number of rotatable bonds is 6. The first-order valence-corrected chi connectivity index (χ1v) is 7.03. The van der Waals surface area contributed by atoms with Crippen LogP contribution in [0.1, 0.15) is 11.1 Å². The Hall–Kier alpha value is -2.17. The minimum absolute atomic E-state index is 0.702. The molecule has 114 valence electrons. The Morgan fingerprint density at radius 1 is 1.38 bits per heavy atom. The van der Waals surface area contributed by atoms with Gasteiger partial charge in [-0.1, -0.05) is 6.08 Å². The number of hydrogen-bond donors (Lipinski definition) is 1. The molecule has 0 unspecified atom stereocenters. The number of aliphatic imine (C=N–C) groups is 1. The van der Waals surface area contributed by atoms with Crippen LogP contribution in [0.2, 0.25) is 0 Å². The summed E-state index contributed by atoms with van der Waals surface area (Å²) in [5.41, 5.74) is 2.21. The van der Waals surface area contributed by atoms with Gasteiger partial charge in [0, 0.05) is 25.7 Å². The fourth-order valence-electron chi connectivity index (χ4n) is 2.42. The van der Waals surface area contributed by atoms with E-state index in [1.54, 1.807) is 14.2 Å². The first-order valence-electron chi connectivity index (χ1n) is 7.03. The lowest BCUT2D eigenvalue weighted by Gasteiger charge is -2.17. The Bertz CT molecular complexity index is 541. The van der Waals surface area contributed by atoms with Crippen LogP contribution < -0.4 is 14.8 Å². The van der Waals surface area contributed by atoms with Gasteiger partial charge in [-0.2, -0.15) is 0 Å². The second-order valence-corrected chi connectivity index (χ2v) is 4.96. The molecule has 1 heterocycles. The van der Waals surface area contributed by atoms with Crippen LogP contribution in [-0.2, 0) is 13.0 Å². The van der Waals surface area contributed by atoms with E-state index in [0.29, 0.717) is 6.54 Å². The molecule has 5 heteroatoms. The summed E-state index contributed by atoms with van der Waals surface area (Å²) in [6, 6.07) is 4.11. The van der Waals surface area contributed by atoms with E-state index in [0.717, 1.165) is 48.1 Å². The first kappa shape index (κ1) is 15.2. The number of hydrogen-bond acceptors (Lipinski definition) is 5. The summed E-state index contributed by atoms with van der Waals surface area (Å²) in [6.45, 7) is 6.32. The predicted octanol–water partition coefficient (Wildman–Crippen LogP) is 1.82. The maximum atomic E-state index is 5.44. The molecule has 0 aromatic heterocycles. The molecule has 1 aliphatic heterocycles. The lowest BCUT2D eigenvalue weighted by atomic mass is 10.1. The summed E-state index contributed by atoms with van der Waals surface area (Å²) < 4.78 is 10.9. The lowest BCUT2D eigenvalue weighted by molar-refractivity contribution is 0.352. The van der Waals surface area contributed by atoms with Crippen LogP contribution in [0, 0.1) is 0 Å². The number of allylic oxidation sites excluding steroid dienone is 1. The Kier molecular flexibility index (Phi) is 5.09. The van der Waals surface area contributed by atoms with Gasteiger partial charge in [-0.25, -0.2) is 0 Å². The largest absolute Gasteiger partial charge is 0.493 e. The van der Waals surface area contributed by atoms with Gasteiger partial charge in [-0.15, -0.1) is 6.58 Å². The van der Waals surface area contributed by atoms with Gasteiger partial charge < -0.3 is 19.7 Å². The smallest absolute Gasteiger partial charge is 0.194 e. The molecule has 0 spiro atoms. The number of likely N-dealkylation sites (N-methyl/N-ethyl adjacent to an activating group) is 1. The SMILES string of the molecule is C=CCc1cc(CNC2=NCCN2C)cc(OC)c1OC. The first-order chi connectivity index (χ1) is 10.2. The molecule has 21 heavy (non-hydrogen) atoms. The molecule has 0 fully saturated rings. The third-order valence-electron chi connectivity index (χ3n) is 3.49. The molecule has 1 N–H and O–H groups in total. The Morgan fingerprint density at radius 3 is 2.76 bits per heavy atom. The van der Waals surface area contributed by atoms with Crippen molar-refractivity contribution in [2.75, 3.05) is 34.4 Å². The van der Waals surface area contributed by atoms with Crippen LogP contribution in [0.4, 0.5) is 0 Å². The third kappa shape index (κ3) is 3.48. The van der Waals surface area contributed by atoms with Crippen molar-refractivity contribution < 1.29 is 9.47 Å². The average molecular weight is 289 g/mol. The minimum atomic E-state index is 0.702. The predicted molar refractivity (Wildman–Crippen MR) is 85.2 cm³/mol. The van der Waals surface area contributed by atoms with Crippen molar-refractivity contribution in [3.05, 3.63) is 35.9 Å². The van der Waals surface area contributed by atoms with E-state index in [2.05, 4.69) is 27.9 Å². The fourth-order valence-corrected chi connectivity index (χ4v) is 2.42. The number of benzene rings is 1. The molecule has 0 atom stereocenters. The molecule has 0 radical (unpaired) electrons. The molecule has 0 amide bonds. The number of guanidine groups is 1. The van der Waals surface area contributed by atoms with Crippen LogP contribution >= 0.6 is 0 Å². The topological polar surface area (TPSA) is 46.1 Å². The summed E-state index contributed by atoms with van der Waals surface area (Å²) in [5.74, 6) is 2.46. The van der Waals surface area contributed by atoms with Crippen molar-refractivity contribution >= 4 is 5.96 Å². The normalized spacial score (nSPS) is 13.9. The second kappa shape index (κ2) is 7.02. The van der Waals surface area contributed by atoms with Crippen molar-refractivity contribution in [2.24, 2.45) is 4.99 Å². The van der Waals surface area contributed by atoms with Crippen molar-refractivity contribution in [1.29, 1.82) is 0 Å². The summed E-state index contributed by atoms with van der Waals surface area (Å²) in [4.78, 5) is 6.54. The van der Waals surface area contributed by atoms with Gasteiger partial charge >= 0.3 is 0 Å². The van der Waals surface area contributed by atoms with Crippen LogP contribution in [0.3, 0.4) is 0 Å². The molecule has 1 aromatic carbocycles. The molecule has 0 saturated heterocycles. The molecule has 0 saturated carbocycles. The summed E-state index contributed by atoms with van der Waals surface area (Å²) in [5, 5.41) is 3.36. The molecule has 1 aliphatic rings. The number of nitrogens with one attached hydrogen (secondary N) is 1. The highest BCUT2D eigenvalue weighted by molar-refractivity contribution is 5.81. The zero-order chi connectivity index (χ0) is 15.2. The van der Waals surface area contributed by atoms with Gasteiger partial charge in [0.2, 0.25) is 0 Å². The van der Waals surface area contributed by atoms with Crippen LogP contribution in [0.5, 0.6) is 11.5 Å². The van der Waals surface area contributed by atoms with Gasteiger partial charge in [0.15, 0.2) is 17.5 Å². The number of ether oxygens (including phenoxy) is 2. The molecular formula is C16H23N3O2. The Balaban J connectivity index is 2.19. The highest BCUT2D eigenvalue weighted by Gasteiger charge is 2.14. The van der Waals surface area contributed by atoms with Crippen LogP contribution in [0.15, 0.2) is 29.8 Å². The van der Waals surface area contributed by atoms with Gasteiger partial charge in [0.1, 0.15) is 0 Å². The standard InChI is InChI=1S/C16H23N3O2/c1-5-6-13-9-12(10-14(20-3)15(13)21-4)11-18-16-17-7-8-19(16)2/h5,9-10H,1,6-8,11H2,2-4H3,(H,17,18). The minimum Gasteiger partial charge on any atom is -0.493 e. The van der Waals surface area contributed by atoms with Gasteiger partial charge in [0.25, 0.3) is 0 Å². The van der Waals surface area contributed by atoms with E-state index in [4.69, 9.17) is 9.47 Å². The molecule has 0 aliphatic carbocycles. The second-order valence-electron chi connectivity index (χ2n) is 4.96. The molecule has 5 nitrogen and oxygen atoms in total. The van der Waals surface area contributed by atoms with E-state index in [-0.39, 0.29) is 0 Å². The highest BCUT2D eigenvalue weighted by Crippen LogP contribution is 2.33. The summed E-state index contributed by atoms with van der Waals surface area (Å²) in [6.07, 6.45) is 2.61. The molecule has 2 rings (SSSR count). The van der Waals surface area contributed by atoms with Crippen molar-refractivity contribution in [1.82, 2.24) is 10.2 Å². The zero-order valence-electron chi connectivity index (χ0n) is 13.0.